The molecular weight excluding hydrogens is 394 g/mol. The summed E-state index contributed by atoms with van der Waals surface area (Å²) >= 11 is 1.91. The van der Waals surface area contributed by atoms with E-state index in [1.54, 1.807) is 0 Å². The van der Waals surface area contributed by atoms with Gasteiger partial charge < -0.3 is 0 Å². The second-order valence-electron chi connectivity index (χ2n) is 8.91. The van der Waals surface area contributed by atoms with E-state index in [0.717, 1.165) is 5.69 Å². The van der Waals surface area contributed by atoms with Crippen LogP contribution in [0.3, 0.4) is 0 Å². The Morgan fingerprint density at radius 1 is 0.710 bits per heavy atom. The fourth-order valence-corrected chi connectivity index (χ4v) is 5.33. The van der Waals surface area contributed by atoms with Crippen LogP contribution >= 0.6 is 11.3 Å². The minimum absolute atomic E-state index is 1.08. The van der Waals surface area contributed by atoms with Gasteiger partial charge in [0.2, 0.25) is 0 Å². The van der Waals surface area contributed by atoms with E-state index in [-0.39, 0.29) is 0 Å². The van der Waals surface area contributed by atoms with Crippen molar-refractivity contribution < 1.29 is 0 Å². The lowest BCUT2D eigenvalue weighted by Gasteiger charge is -2.10. The Morgan fingerprint density at radius 3 is 2.03 bits per heavy atom. The maximum absolute atomic E-state index is 4.87. The quantitative estimate of drug-likeness (QED) is 0.259. The molecule has 0 aliphatic carbocycles. The molecule has 0 N–H and O–H groups in total. The van der Waals surface area contributed by atoms with Gasteiger partial charge in [0.25, 0.3) is 0 Å². The highest BCUT2D eigenvalue weighted by Gasteiger charge is 2.11. The highest BCUT2D eigenvalue weighted by atomic mass is 32.1. The Morgan fingerprint density at radius 2 is 1.39 bits per heavy atom. The topological polar surface area (TPSA) is 12.9 Å². The number of hydrogen-bond donors (Lipinski definition) is 0. The number of unbranched alkanes of at least 4 members (excludes halogenated alkanes) is 6. The summed E-state index contributed by atoms with van der Waals surface area (Å²) in [6.45, 7) is 9.00. The van der Waals surface area contributed by atoms with Crippen LogP contribution < -0.4 is 0 Å². The average Bonchev–Trinajstić information content (AvgIpc) is 3.16. The number of pyridine rings is 1. The Labute approximate surface area is 194 Å². The fraction of sp³-hybridized carbons (Fsp3) is 0.483. The standard InChI is InChI=1S/C29H39NS/c1-5-7-9-11-13-24-20-25(16-15-22(24)3)28-18-17-27(21-30-28)29-26(19-23(4)31-29)14-12-10-8-6-2/h15-21H,5-14H2,1-4H3. The average molecular weight is 434 g/mol. The summed E-state index contributed by atoms with van der Waals surface area (Å²) in [6, 6.07) is 13.7. The van der Waals surface area contributed by atoms with Crippen molar-refractivity contribution >= 4 is 11.3 Å². The molecule has 1 nitrogen and oxygen atoms in total. The first-order chi connectivity index (χ1) is 15.1. The smallest absolute Gasteiger partial charge is 0.0702 e. The molecule has 2 aromatic heterocycles. The van der Waals surface area contributed by atoms with Crippen LogP contribution in [0.5, 0.6) is 0 Å². The van der Waals surface area contributed by atoms with Crippen LogP contribution in [-0.2, 0) is 12.8 Å². The summed E-state index contributed by atoms with van der Waals surface area (Å²) < 4.78 is 0. The number of nitrogens with zero attached hydrogens (tertiary/aromatic N) is 1. The molecular formula is C29H39NS. The van der Waals surface area contributed by atoms with Crippen molar-refractivity contribution in [2.24, 2.45) is 0 Å². The molecule has 31 heavy (non-hydrogen) atoms. The van der Waals surface area contributed by atoms with E-state index in [1.807, 2.05) is 11.3 Å². The molecule has 0 atom stereocenters. The molecule has 3 rings (SSSR count). The zero-order valence-corrected chi connectivity index (χ0v) is 20.8. The van der Waals surface area contributed by atoms with Gasteiger partial charge in [-0.25, -0.2) is 0 Å². The van der Waals surface area contributed by atoms with Crippen LogP contribution in [0.4, 0.5) is 0 Å². The van der Waals surface area contributed by atoms with Crippen molar-refractivity contribution in [1.29, 1.82) is 0 Å². The van der Waals surface area contributed by atoms with Crippen molar-refractivity contribution in [2.45, 2.75) is 91.9 Å². The van der Waals surface area contributed by atoms with Crippen molar-refractivity contribution in [3.8, 4) is 21.7 Å². The Balaban J connectivity index is 1.73. The first kappa shape index (κ1) is 23.7. The minimum atomic E-state index is 1.08. The van der Waals surface area contributed by atoms with Gasteiger partial charge in [-0.2, -0.15) is 0 Å². The van der Waals surface area contributed by atoms with Gasteiger partial charge in [0, 0.05) is 27.1 Å². The van der Waals surface area contributed by atoms with Crippen molar-refractivity contribution in [3.05, 3.63) is 64.2 Å². The molecule has 0 saturated carbocycles. The highest BCUT2D eigenvalue weighted by molar-refractivity contribution is 7.15. The van der Waals surface area contributed by atoms with E-state index in [4.69, 9.17) is 4.98 Å². The Kier molecular flexibility index (Phi) is 9.33. The van der Waals surface area contributed by atoms with Crippen LogP contribution in [0.2, 0.25) is 0 Å². The van der Waals surface area contributed by atoms with Gasteiger partial charge in [0.1, 0.15) is 0 Å². The number of benzene rings is 1. The van der Waals surface area contributed by atoms with Gasteiger partial charge in [-0.1, -0.05) is 64.5 Å². The molecule has 0 aliphatic rings. The largest absolute Gasteiger partial charge is 0.256 e. The molecule has 0 fully saturated rings. The van der Waals surface area contributed by atoms with E-state index >= 15 is 0 Å². The first-order valence-corrected chi connectivity index (χ1v) is 13.1. The van der Waals surface area contributed by atoms with Crippen molar-refractivity contribution in [2.75, 3.05) is 0 Å². The van der Waals surface area contributed by atoms with E-state index in [1.165, 1.54) is 102 Å². The fourth-order valence-electron chi connectivity index (χ4n) is 4.28. The summed E-state index contributed by atoms with van der Waals surface area (Å²) in [5, 5.41) is 0. The normalized spacial score (nSPS) is 11.2. The molecule has 0 amide bonds. The number of aryl methyl sites for hydroxylation is 4. The summed E-state index contributed by atoms with van der Waals surface area (Å²) in [5.74, 6) is 0. The lowest BCUT2D eigenvalue weighted by Crippen LogP contribution is -1.93. The minimum Gasteiger partial charge on any atom is -0.256 e. The van der Waals surface area contributed by atoms with Crippen LogP contribution in [-0.4, -0.2) is 4.98 Å². The molecule has 0 saturated heterocycles. The van der Waals surface area contributed by atoms with Crippen LogP contribution in [0, 0.1) is 13.8 Å². The number of aromatic nitrogens is 1. The molecule has 1 aromatic carbocycles. The molecule has 2 heteroatoms. The van der Waals surface area contributed by atoms with Gasteiger partial charge in [0.15, 0.2) is 0 Å². The van der Waals surface area contributed by atoms with E-state index in [9.17, 15) is 0 Å². The molecule has 2 heterocycles. The van der Waals surface area contributed by atoms with Gasteiger partial charge >= 0.3 is 0 Å². The maximum atomic E-state index is 4.87. The van der Waals surface area contributed by atoms with E-state index in [2.05, 4.69) is 70.3 Å². The Bertz CT molecular complexity index is 936. The molecule has 0 radical (unpaired) electrons. The van der Waals surface area contributed by atoms with Gasteiger partial charge in [0.05, 0.1) is 5.69 Å². The third-order valence-corrected chi connectivity index (χ3v) is 7.34. The summed E-state index contributed by atoms with van der Waals surface area (Å²) in [6.07, 6.45) is 14.9. The third-order valence-electron chi connectivity index (χ3n) is 6.20. The van der Waals surface area contributed by atoms with Gasteiger partial charge in [-0.3, -0.25) is 4.98 Å². The zero-order valence-electron chi connectivity index (χ0n) is 20.0. The third kappa shape index (κ3) is 6.77. The van der Waals surface area contributed by atoms with Gasteiger partial charge in [-0.05, 0) is 80.5 Å². The molecule has 0 unspecified atom stereocenters. The van der Waals surface area contributed by atoms with Crippen LogP contribution in [0.25, 0.3) is 21.7 Å². The van der Waals surface area contributed by atoms with Crippen molar-refractivity contribution in [3.63, 3.8) is 0 Å². The monoisotopic (exact) mass is 433 g/mol. The lowest BCUT2D eigenvalue weighted by molar-refractivity contribution is 0.666. The highest BCUT2D eigenvalue weighted by Crippen LogP contribution is 2.34. The maximum Gasteiger partial charge on any atom is 0.0702 e. The van der Waals surface area contributed by atoms with Crippen LogP contribution in [0.15, 0.2) is 42.6 Å². The number of rotatable bonds is 12. The summed E-state index contributed by atoms with van der Waals surface area (Å²) in [4.78, 5) is 7.68. The second-order valence-corrected chi connectivity index (χ2v) is 10.2. The van der Waals surface area contributed by atoms with E-state index in [0.29, 0.717) is 0 Å². The molecule has 0 bridgehead atoms. The number of thiophene rings is 1. The van der Waals surface area contributed by atoms with Gasteiger partial charge in [-0.15, -0.1) is 11.3 Å². The predicted octanol–water partition coefficient (Wildman–Crippen LogP) is 9.34. The SMILES string of the molecule is CCCCCCc1cc(-c2ccc(-c3sc(C)cc3CCCCCC)cn2)ccc1C. The predicted molar refractivity (Wildman–Crippen MR) is 138 cm³/mol. The van der Waals surface area contributed by atoms with E-state index < -0.39 is 0 Å². The molecule has 166 valence electrons. The first-order valence-electron chi connectivity index (χ1n) is 12.3. The second kappa shape index (κ2) is 12.2. The van der Waals surface area contributed by atoms with Crippen molar-refractivity contribution in [1.82, 2.24) is 4.98 Å². The van der Waals surface area contributed by atoms with Crippen LogP contribution in [0.1, 0.15) is 86.8 Å². The zero-order chi connectivity index (χ0) is 22.1. The summed E-state index contributed by atoms with van der Waals surface area (Å²) in [5.41, 5.74) is 7.96. The molecule has 3 aromatic rings. The molecule has 0 spiro atoms. The summed E-state index contributed by atoms with van der Waals surface area (Å²) in [7, 11) is 0. The molecule has 0 aliphatic heterocycles. The lowest BCUT2D eigenvalue weighted by atomic mass is 9.97. The number of hydrogen-bond acceptors (Lipinski definition) is 2. The Hall–Kier alpha value is -1.93.